The van der Waals surface area contributed by atoms with E-state index in [-0.39, 0.29) is 5.91 Å². The van der Waals surface area contributed by atoms with E-state index in [2.05, 4.69) is 10.3 Å². The van der Waals surface area contributed by atoms with Crippen LogP contribution in [-0.2, 0) is 4.79 Å². The number of oxazole rings is 1. The normalized spacial score (nSPS) is 11.1. The van der Waals surface area contributed by atoms with E-state index in [0.717, 1.165) is 27.8 Å². The maximum absolute atomic E-state index is 13.4. The minimum Gasteiger partial charge on any atom is -0.436 e. The fourth-order valence-electron chi connectivity index (χ4n) is 3.93. The van der Waals surface area contributed by atoms with Crippen LogP contribution in [0.15, 0.2) is 108 Å². The summed E-state index contributed by atoms with van der Waals surface area (Å²) >= 11 is 0. The Labute approximate surface area is 186 Å². The van der Waals surface area contributed by atoms with Gasteiger partial charge in [0.15, 0.2) is 5.58 Å². The minimum atomic E-state index is -0.412. The van der Waals surface area contributed by atoms with Gasteiger partial charge in [0, 0.05) is 17.3 Å². The van der Waals surface area contributed by atoms with E-state index < -0.39 is 5.92 Å². The van der Waals surface area contributed by atoms with E-state index in [1.807, 2.05) is 110 Å². The molecular formula is C28H22N2O2. The summed E-state index contributed by atoms with van der Waals surface area (Å²) in [7, 11) is 0. The molecule has 0 aliphatic rings. The van der Waals surface area contributed by atoms with Gasteiger partial charge in [0.25, 0.3) is 0 Å². The van der Waals surface area contributed by atoms with Crippen molar-refractivity contribution in [2.24, 2.45) is 0 Å². The number of hydrogen-bond acceptors (Lipinski definition) is 3. The third kappa shape index (κ3) is 3.91. The number of nitrogens with one attached hydrogen (secondary N) is 1. The van der Waals surface area contributed by atoms with E-state index >= 15 is 0 Å². The predicted molar refractivity (Wildman–Crippen MR) is 128 cm³/mol. The van der Waals surface area contributed by atoms with Gasteiger partial charge < -0.3 is 9.73 Å². The molecule has 0 saturated carbocycles. The summed E-state index contributed by atoms with van der Waals surface area (Å²) in [4.78, 5) is 18.0. The van der Waals surface area contributed by atoms with Gasteiger partial charge >= 0.3 is 0 Å². The van der Waals surface area contributed by atoms with Gasteiger partial charge in [-0.25, -0.2) is 4.98 Å². The zero-order valence-electron chi connectivity index (χ0n) is 17.7. The molecule has 0 saturated heterocycles. The Bertz CT molecular complexity index is 1340. The van der Waals surface area contributed by atoms with E-state index in [1.165, 1.54) is 0 Å². The molecule has 156 valence electrons. The lowest BCUT2D eigenvalue weighted by atomic mass is 9.90. The lowest BCUT2D eigenvalue weighted by Gasteiger charge is -2.18. The molecule has 1 aromatic heterocycles. The first-order chi connectivity index (χ1) is 15.7. The number of carbonyl (C=O) groups excluding carboxylic acids is 1. The van der Waals surface area contributed by atoms with Crippen LogP contribution in [0.4, 0.5) is 5.69 Å². The third-order valence-corrected chi connectivity index (χ3v) is 5.56. The lowest BCUT2D eigenvalue weighted by molar-refractivity contribution is -0.116. The van der Waals surface area contributed by atoms with Crippen molar-refractivity contribution in [3.05, 3.63) is 120 Å². The molecule has 0 radical (unpaired) electrons. The number of aromatic nitrogens is 1. The maximum Gasteiger partial charge on any atom is 0.236 e. The average Bonchev–Trinajstić information content (AvgIpc) is 3.24. The van der Waals surface area contributed by atoms with Crippen molar-refractivity contribution in [3.8, 4) is 11.5 Å². The molecule has 32 heavy (non-hydrogen) atoms. The summed E-state index contributed by atoms with van der Waals surface area (Å²) in [6.07, 6.45) is 0. The van der Waals surface area contributed by atoms with E-state index in [9.17, 15) is 4.79 Å². The first kappa shape index (κ1) is 19.8. The molecule has 0 bridgehead atoms. The number of aryl methyl sites for hydroxylation is 1. The SMILES string of the molecule is Cc1ccccc1-c1nc2ccc(NC(=O)C(c3ccccc3)c3ccccc3)cc2o1. The van der Waals surface area contributed by atoms with Gasteiger partial charge in [-0.2, -0.15) is 0 Å². The van der Waals surface area contributed by atoms with Gasteiger partial charge in [0.05, 0.1) is 5.92 Å². The first-order valence-electron chi connectivity index (χ1n) is 10.6. The van der Waals surface area contributed by atoms with Gasteiger partial charge in [-0.1, -0.05) is 78.9 Å². The smallest absolute Gasteiger partial charge is 0.236 e. The highest BCUT2D eigenvalue weighted by Gasteiger charge is 2.23. The summed E-state index contributed by atoms with van der Waals surface area (Å²) in [5.41, 5.74) is 6.01. The predicted octanol–water partition coefficient (Wildman–Crippen LogP) is 6.57. The zero-order valence-corrected chi connectivity index (χ0v) is 17.7. The second-order valence-electron chi connectivity index (χ2n) is 7.76. The number of hydrogen-bond donors (Lipinski definition) is 1. The third-order valence-electron chi connectivity index (χ3n) is 5.56. The molecule has 0 aliphatic carbocycles. The number of fused-ring (bicyclic) bond motifs is 1. The standard InChI is InChI=1S/C28H22N2O2/c1-19-10-8-9-15-23(19)28-30-24-17-16-22(18-25(24)32-28)29-27(31)26(20-11-4-2-5-12-20)21-13-6-3-7-14-21/h2-18,26H,1H3,(H,29,31). The van der Waals surface area contributed by atoms with E-state index in [1.54, 1.807) is 0 Å². The van der Waals surface area contributed by atoms with Crippen LogP contribution >= 0.6 is 0 Å². The van der Waals surface area contributed by atoms with Crippen LogP contribution in [-0.4, -0.2) is 10.9 Å². The Morgan fingerprint density at radius 3 is 2.09 bits per heavy atom. The van der Waals surface area contributed by atoms with Gasteiger partial charge in [-0.15, -0.1) is 0 Å². The van der Waals surface area contributed by atoms with Gasteiger partial charge in [0.1, 0.15) is 5.52 Å². The number of nitrogens with zero attached hydrogens (tertiary/aromatic N) is 1. The molecule has 4 nitrogen and oxygen atoms in total. The van der Waals surface area contributed by atoms with Crippen molar-refractivity contribution < 1.29 is 9.21 Å². The Balaban J connectivity index is 1.46. The molecule has 5 aromatic rings. The number of carbonyl (C=O) groups is 1. The lowest BCUT2D eigenvalue weighted by Crippen LogP contribution is -2.22. The molecule has 0 spiro atoms. The van der Waals surface area contributed by atoms with Crippen molar-refractivity contribution in [1.29, 1.82) is 0 Å². The average molecular weight is 418 g/mol. The van der Waals surface area contributed by atoms with Crippen LogP contribution in [0.5, 0.6) is 0 Å². The molecule has 0 atom stereocenters. The van der Waals surface area contributed by atoms with E-state index in [4.69, 9.17) is 4.42 Å². The minimum absolute atomic E-state index is 0.0969. The molecule has 0 unspecified atom stereocenters. The molecular weight excluding hydrogens is 396 g/mol. The van der Waals surface area contributed by atoms with Crippen molar-refractivity contribution in [1.82, 2.24) is 4.98 Å². The quantitative estimate of drug-likeness (QED) is 0.351. The number of anilines is 1. The van der Waals surface area contributed by atoms with Gasteiger partial charge in [-0.05, 0) is 41.8 Å². The maximum atomic E-state index is 13.4. The van der Waals surface area contributed by atoms with E-state index in [0.29, 0.717) is 17.2 Å². The van der Waals surface area contributed by atoms with Gasteiger partial charge in [0.2, 0.25) is 11.8 Å². The topological polar surface area (TPSA) is 55.1 Å². The number of benzene rings is 4. The summed E-state index contributed by atoms with van der Waals surface area (Å²) in [6.45, 7) is 2.03. The van der Waals surface area contributed by atoms with Crippen LogP contribution in [0.25, 0.3) is 22.6 Å². The number of amides is 1. The summed E-state index contributed by atoms with van der Waals surface area (Å²) in [5, 5.41) is 3.06. The Morgan fingerprint density at radius 2 is 1.44 bits per heavy atom. The van der Waals surface area contributed by atoms with Crippen LogP contribution in [0, 0.1) is 6.92 Å². The molecule has 4 aromatic carbocycles. The van der Waals surface area contributed by atoms with Crippen molar-refractivity contribution in [2.45, 2.75) is 12.8 Å². The fraction of sp³-hybridized carbons (Fsp3) is 0.0714. The summed E-state index contributed by atoms with van der Waals surface area (Å²) in [5.74, 6) is 0.0683. The van der Waals surface area contributed by atoms with Crippen LogP contribution < -0.4 is 5.32 Å². The molecule has 0 aliphatic heterocycles. The van der Waals surface area contributed by atoms with Crippen molar-refractivity contribution in [2.75, 3.05) is 5.32 Å². The zero-order chi connectivity index (χ0) is 21.9. The summed E-state index contributed by atoms with van der Waals surface area (Å²) < 4.78 is 6.02. The Morgan fingerprint density at radius 1 is 0.812 bits per heavy atom. The molecule has 1 amide bonds. The molecule has 5 rings (SSSR count). The van der Waals surface area contributed by atoms with Gasteiger partial charge in [-0.3, -0.25) is 4.79 Å². The van der Waals surface area contributed by atoms with Crippen LogP contribution in [0.1, 0.15) is 22.6 Å². The second-order valence-corrected chi connectivity index (χ2v) is 7.76. The summed E-state index contributed by atoms with van der Waals surface area (Å²) in [6, 6.07) is 33.2. The largest absolute Gasteiger partial charge is 0.436 e. The Kier molecular flexibility index (Phi) is 5.26. The van der Waals surface area contributed by atoms with Crippen LogP contribution in [0.3, 0.4) is 0 Å². The molecule has 0 fully saturated rings. The highest BCUT2D eigenvalue weighted by molar-refractivity contribution is 5.99. The molecule has 1 heterocycles. The molecule has 1 N–H and O–H groups in total. The van der Waals surface area contributed by atoms with Crippen LogP contribution in [0.2, 0.25) is 0 Å². The highest BCUT2D eigenvalue weighted by atomic mass is 16.3. The Hall–Kier alpha value is -4.18. The van der Waals surface area contributed by atoms with Crippen molar-refractivity contribution in [3.63, 3.8) is 0 Å². The monoisotopic (exact) mass is 418 g/mol. The second kappa shape index (κ2) is 8.52. The fourth-order valence-corrected chi connectivity index (χ4v) is 3.93. The molecule has 4 heteroatoms. The highest BCUT2D eigenvalue weighted by Crippen LogP contribution is 2.30. The van der Waals surface area contributed by atoms with Crippen molar-refractivity contribution >= 4 is 22.7 Å². The first-order valence-corrected chi connectivity index (χ1v) is 10.6. The number of rotatable bonds is 5.